The first-order valence-electron chi connectivity index (χ1n) is 4.62. The van der Waals surface area contributed by atoms with Crippen LogP contribution in [0.1, 0.15) is 5.82 Å². The highest BCUT2D eigenvalue weighted by Crippen LogP contribution is 2.23. The maximum absolute atomic E-state index is 8.66. The lowest BCUT2D eigenvalue weighted by atomic mass is 10.2. The molecule has 0 amide bonds. The standard InChI is InChI=1S/C9H5N7O/c10-3-7-12-4-16(13-7)6-2-1-5(11)8-9(6)15-17-14-8/h1-2,4H,11H2. The number of aromatic nitrogens is 5. The molecule has 0 saturated carbocycles. The van der Waals surface area contributed by atoms with Crippen molar-refractivity contribution < 1.29 is 4.63 Å². The first-order valence-corrected chi connectivity index (χ1v) is 4.62. The second-order valence-electron chi connectivity index (χ2n) is 3.26. The summed E-state index contributed by atoms with van der Waals surface area (Å²) < 4.78 is 6.06. The van der Waals surface area contributed by atoms with Crippen LogP contribution in [0, 0.1) is 11.3 Å². The second kappa shape index (κ2) is 3.28. The molecule has 0 radical (unpaired) electrons. The molecule has 0 bridgehead atoms. The van der Waals surface area contributed by atoms with E-state index in [0.717, 1.165) is 0 Å². The lowest BCUT2D eigenvalue weighted by Gasteiger charge is -2.00. The Morgan fingerprint density at radius 1 is 1.29 bits per heavy atom. The van der Waals surface area contributed by atoms with Crippen molar-refractivity contribution >= 4 is 16.7 Å². The quantitative estimate of drug-likeness (QED) is 0.592. The molecule has 3 aromatic rings. The van der Waals surface area contributed by atoms with Crippen molar-refractivity contribution in [1.29, 1.82) is 5.26 Å². The van der Waals surface area contributed by atoms with Gasteiger partial charge in [-0.1, -0.05) is 0 Å². The predicted molar refractivity (Wildman–Crippen MR) is 55.8 cm³/mol. The summed E-state index contributed by atoms with van der Waals surface area (Å²) in [5.41, 5.74) is 7.71. The van der Waals surface area contributed by atoms with Crippen LogP contribution < -0.4 is 5.73 Å². The van der Waals surface area contributed by atoms with Gasteiger partial charge in [-0.25, -0.2) is 14.3 Å². The maximum Gasteiger partial charge on any atom is 0.252 e. The zero-order valence-corrected chi connectivity index (χ0v) is 8.40. The van der Waals surface area contributed by atoms with Crippen molar-refractivity contribution in [3.8, 4) is 11.8 Å². The Labute approximate surface area is 94.2 Å². The molecule has 0 atom stereocenters. The van der Waals surface area contributed by atoms with Crippen LogP contribution in [0.15, 0.2) is 23.1 Å². The van der Waals surface area contributed by atoms with E-state index in [1.54, 1.807) is 12.1 Å². The fourth-order valence-electron chi connectivity index (χ4n) is 1.49. The molecule has 1 aromatic carbocycles. The lowest BCUT2D eigenvalue weighted by molar-refractivity contribution is 0.315. The third-order valence-corrected chi connectivity index (χ3v) is 2.26. The molecule has 8 nitrogen and oxygen atoms in total. The average molecular weight is 227 g/mol. The summed E-state index contributed by atoms with van der Waals surface area (Å²) in [4.78, 5) is 3.81. The topological polar surface area (TPSA) is 119 Å². The highest BCUT2D eigenvalue weighted by atomic mass is 16.6. The number of nitrogens with two attached hydrogens (primary N) is 1. The van der Waals surface area contributed by atoms with Crippen LogP contribution in [0.2, 0.25) is 0 Å². The number of hydrogen-bond donors (Lipinski definition) is 1. The molecule has 2 aromatic heterocycles. The first kappa shape index (κ1) is 9.29. The molecule has 2 N–H and O–H groups in total. The van der Waals surface area contributed by atoms with Crippen molar-refractivity contribution in [2.75, 3.05) is 5.73 Å². The fraction of sp³-hybridized carbons (Fsp3) is 0. The second-order valence-corrected chi connectivity index (χ2v) is 3.26. The van der Waals surface area contributed by atoms with E-state index in [-0.39, 0.29) is 5.82 Å². The summed E-state index contributed by atoms with van der Waals surface area (Å²) in [6.45, 7) is 0. The molecular formula is C9H5N7O. The summed E-state index contributed by atoms with van der Waals surface area (Å²) in [5, 5.41) is 20.1. The third kappa shape index (κ3) is 1.30. The van der Waals surface area contributed by atoms with E-state index in [4.69, 9.17) is 11.0 Å². The van der Waals surface area contributed by atoms with Crippen LogP contribution in [-0.4, -0.2) is 25.1 Å². The molecule has 0 unspecified atom stereocenters. The predicted octanol–water partition coefficient (Wildman–Crippen LogP) is 0.257. The smallest absolute Gasteiger partial charge is 0.252 e. The molecule has 0 aliphatic heterocycles. The van der Waals surface area contributed by atoms with Crippen molar-refractivity contribution in [2.45, 2.75) is 0 Å². The molecule has 0 spiro atoms. The van der Waals surface area contributed by atoms with Crippen LogP contribution in [0.25, 0.3) is 16.7 Å². The van der Waals surface area contributed by atoms with Gasteiger partial charge in [-0.15, -0.1) is 5.10 Å². The molecule has 0 saturated heterocycles. The number of nitrogens with zero attached hydrogens (tertiary/aromatic N) is 6. The van der Waals surface area contributed by atoms with Gasteiger partial charge in [0.1, 0.15) is 12.4 Å². The van der Waals surface area contributed by atoms with E-state index in [1.165, 1.54) is 11.0 Å². The van der Waals surface area contributed by atoms with E-state index in [0.29, 0.717) is 22.4 Å². The zero-order chi connectivity index (χ0) is 11.8. The van der Waals surface area contributed by atoms with Gasteiger partial charge in [0.05, 0.1) is 11.4 Å². The first-order chi connectivity index (χ1) is 8.29. The van der Waals surface area contributed by atoms with Crippen LogP contribution in [0.4, 0.5) is 5.69 Å². The van der Waals surface area contributed by atoms with Gasteiger partial charge in [-0.2, -0.15) is 5.26 Å². The van der Waals surface area contributed by atoms with Gasteiger partial charge in [-0.05, 0) is 22.4 Å². The summed E-state index contributed by atoms with van der Waals surface area (Å²) in [7, 11) is 0. The highest BCUT2D eigenvalue weighted by molar-refractivity contribution is 5.91. The monoisotopic (exact) mass is 227 g/mol. The number of hydrogen-bond acceptors (Lipinski definition) is 7. The minimum atomic E-state index is 0.0754. The molecule has 2 heterocycles. The van der Waals surface area contributed by atoms with Crippen LogP contribution in [0.3, 0.4) is 0 Å². The minimum absolute atomic E-state index is 0.0754. The number of rotatable bonds is 1. The Kier molecular flexibility index (Phi) is 1.79. The molecule has 0 fully saturated rings. The SMILES string of the molecule is N#Cc1ncn(-c2ccc(N)c3nonc23)n1. The lowest BCUT2D eigenvalue weighted by Crippen LogP contribution is -1.98. The maximum atomic E-state index is 8.66. The Balaban J connectivity index is 2.27. The number of benzene rings is 1. The fourth-order valence-corrected chi connectivity index (χ4v) is 1.49. The number of nitrogen functional groups attached to an aromatic ring is 1. The van der Waals surface area contributed by atoms with E-state index in [1.807, 2.05) is 6.07 Å². The molecule has 8 heteroatoms. The minimum Gasteiger partial charge on any atom is -0.397 e. The Bertz CT molecular complexity index is 735. The molecule has 17 heavy (non-hydrogen) atoms. The number of nitriles is 1. The van der Waals surface area contributed by atoms with E-state index in [9.17, 15) is 0 Å². The van der Waals surface area contributed by atoms with E-state index >= 15 is 0 Å². The highest BCUT2D eigenvalue weighted by Gasteiger charge is 2.12. The number of fused-ring (bicyclic) bond motifs is 1. The van der Waals surface area contributed by atoms with Crippen molar-refractivity contribution in [3.63, 3.8) is 0 Å². The molecule has 82 valence electrons. The van der Waals surface area contributed by atoms with E-state index < -0.39 is 0 Å². The Morgan fingerprint density at radius 3 is 2.88 bits per heavy atom. The summed E-state index contributed by atoms with van der Waals surface area (Å²) >= 11 is 0. The van der Waals surface area contributed by atoms with Crippen molar-refractivity contribution in [3.05, 3.63) is 24.3 Å². The van der Waals surface area contributed by atoms with Crippen LogP contribution in [-0.2, 0) is 0 Å². The van der Waals surface area contributed by atoms with Gasteiger partial charge in [0.15, 0.2) is 11.0 Å². The van der Waals surface area contributed by atoms with Gasteiger partial charge >= 0.3 is 0 Å². The van der Waals surface area contributed by atoms with Gasteiger partial charge < -0.3 is 5.73 Å². The van der Waals surface area contributed by atoms with Gasteiger partial charge in [0.25, 0.3) is 5.82 Å². The van der Waals surface area contributed by atoms with Gasteiger partial charge in [0, 0.05) is 0 Å². The van der Waals surface area contributed by atoms with Crippen LogP contribution >= 0.6 is 0 Å². The largest absolute Gasteiger partial charge is 0.397 e. The Hall–Kier alpha value is -2.95. The zero-order valence-electron chi connectivity index (χ0n) is 8.40. The summed E-state index contributed by atoms with van der Waals surface area (Å²) in [6, 6.07) is 5.21. The van der Waals surface area contributed by atoms with E-state index in [2.05, 4.69) is 25.0 Å². The van der Waals surface area contributed by atoms with Gasteiger partial charge in [-0.3, -0.25) is 0 Å². The molecule has 3 rings (SSSR count). The Morgan fingerprint density at radius 2 is 2.12 bits per heavy atom. The molecule has 0 aliphatic carbocycles. The van der Waals surface area contributed by atoms with Crippen molar-refractivity contribution in [2.24, 2.45) is 0 Å². The van der Waals surface area contributed by atoms with Crippen molar-refractivity contribution in [1.82, 2.24) is 25.1 Å². The summed E-state index contributed by atoms with van der Waals surface area (Å²) in [5.74, 6) is 0.0754. The van der Waals surface area contributed by atoms with Gasteiger partial charge in [0.2, 0.25) is 0 Å². The number of anilines is 1. The normalized spacial score (nSPS) is 10.5. The molecule has 0 aliphatic rings. The third-order valence-electron chi connectivity index (χ3n) is 2.26. The average Bonchev–Trinajstić information content (AvgIpc) is 2.98. The summed E-state index contributed by atoms with van der Waals surface area (Å²) in [6.07, 6.45) is 1.41. The van der Waals surface area contributed by atoms with Crippen LogP contribution in [0.5, 0.6) is 0 Å². The molecular weight excluding hydrogens is 222 g/mol.